The van der Waals surface area contributed by atoms with Gasteiger partial charge < -0.3 is 9.31 Å². The predicted octanol–water partition coefficient (Wildman–Crippen LogP) is 3.43. The molecule has 1 aliphatic heterocycles. The summed E-state index contributed by atoms with van der Waals surface area (Å²) in [6.07, 6.45) is 0. The fourth-order valence-corrected chi connectivity index (χ4v) is 2.16. The summed E-state index contributed by atoms with van der Waals surface area (Å²) in [5.74, 6) is -0.536. The SMILES string of the molecule is CC1(C)OB(c2cc(F)c(Cl)cc2Cl)OC1(C)C. The maximum Gasteiger partial charge on any atom is 0.496 e. The van der Waals surface area contributed by atoms with Gasteiger partial charge in [-0.05, 0) is 39.8 Å². The zero-order valence-corrected chi connectivity index (χ0v) is 12.2. The van der Waals surface area contributed by atoms with Gasteiger partial charge in [0.15, 0.2) is 0 Å². The Labute approximate surface area is 117 Å². The van der Waals surface area contributed by atoms with E-state index in [-0.39, 0.29) is 5.02 Å². The minimum absolute atomic E-state index is 0.0136. The summed E-state index contributed by atoms with van der Waals surface area (Å²) in [5.41, 5.74) is -0.522. The number of halogens is 3. The van der Waals surface area contributed by atoms with E-state index in [0.717, 1.165) is 0 Å². The van der Waals surface area contributed by atoms with Gasteiger partial charge in [-0.15, -0.1) is 0 Å². The maximum absolute atomic E-state index is 13.5. The van der Waals surface area contributed by atoms with Crippen molar-refractivity contribution in [2.45, 2.75) is 38.9 Å². The third-order valence-corrected chi connectivity index (χ3v) is 4.16. The molecule has 0 amide bonds. The standard InChI is InChI=1S/C12H14BCl2FO2/c1-11(2)12(3,4)18-13(17-11)7-5-10(16)9(15)6-8(7)14/h5-6H,1-4H3. The van der Waals surface area contributed by atoms with Crippen LogP contribution in [0.2, 0.25) is 10.0 Å². The quantitative estimate of drug-likeness (QED) is 0.583. The Morgan fingerprint density at radius 3 is 2.00 bits per heavy atom. The van der Waals surface area contributed by atoms with Gasteiger partial charge in [0.25, 0.3) is 0 Å². The van der Waals surface area contributed by atoms with Crippen LogP contribution in [0.15, 0.2) is 12.1 Å². The summed E-state index contributed by atoms with van der Waals surface area (Å²) in [6, 6.07) is 2.62. The fourth-order valence-electron chi connectivity index (χ4n) is 1.69. The molecule has 1 heterocycles. The van der Waals surface area contributed by atoms with E-state index in [2.05, 4.69) is 0 Å². The van der Waals surface area contributed by atoms with Crippen LogP contribution in [-0.4, -0.2) is 18.3 Å². The highest BCUT2D eigenvalue weighted by Gasteiger charge is 2.52. The van der Waals surface area contributed by atoms with E-state index >= 15 is 0 Å². The molecule has 98 valence electrons. The van der Waals surface area contributed by atoms with Crippen LogP contribution in [0.5, 0.6) is 0 Å². The van der Waals surface area contributed by atoms with Gasteiger partial charge in [-0.2, -0.15) is 0 Å². The molecule has 2 nitrogen and oxygen atoms in total. The lowest BCUT2D eigenvalue weighted by molar-refractivity contribution is 0.00578. The molecule has 0 radical (unpaired) electrons. The summed E-state index contributed by atoms with van der Waals surface area (Å²) < 4.78 is 25.1. The monoisotopic (exact) mass is 290 g/mol. The van der Waals surface area contributed by atoms with Gasteiger partial charge in [0.05, 0.1) is 16.2 Å². The van der Waals surface area contributed by atoms with Gasteiger partial charge in [0.1, 0.15) is 5.82 Å². The van der Waals surface area contributed by atoms with Gasteiger partial charge in [-0.1, -0.05) is 23.2 Å². The van der Waals surface area contributed by atoms with Gasteiger partial charge in [-0.25, -0.2) is 4.39 Å². The highest BCUT2D eigenvalue weighted by molar-refractivity contribution is 6.65. The molecular weight excluding hydrogens is 277 g/mol. The molecule has 0 aliphatic carbocycles. The molecule has 0 unspecified atom stereocenters. The minimum Gasteiger partial charge on any atom is -0.399 e. The highest BCUT2D eigenvalue weighted by Crippen LogP contribution is 2.37. The van der Waals surface area contributed by atoms with E-state index in [0.29, 0.717) is 10.5 Å². The van der Waals surface area contributed by atoms with Gasteiger partial charge in [0, 0.05) is 10.5 Å². The van der Waals surface area contributed by atoms with Crippen molar-refractivity contribution in [3.8, 4) is 0 Å². The molecule has 0 atom stereocenters. The molecule has 0 spiro atoms. The summed E-state index contributed by atoms with van der Waals surface area (Å²) in [6.45, 7) is 7.70. The van der Waals surface area contributed by atoms with Crippen LogP contribution in [0, 0.1) is 5.82 Å². The third kappa shape index (κ3) is 2.27. The van der Waals surface area contributed by atoms with Crippen molar-refractivity contribution in [1.29, 1.82) is 0 Å². The van der Waals surface area contributed by atoms with Crippen LogP contribution in [0.4, 0.5) is 4.39 Å². The van der Waals surface area contributed by atoms with Crippen LogP contribution >= 0.6 is 23.2 Å². The second kappa shape index (κ2) is 4.38. The normalized spacial score (nSPS) is 21.4. The lowest BCUT2D eigenvalue weighted by atomic mass is 9.79. The van der Waals surface area contributed by atoms with Crippen molar-refractivity contribution >= 4 is 35.8 Å². The topological polar surface area (TPSA) is 18.5 Å². The first-order valence-corrected chi connectivity index (χ1v) is 6.40. The van der Waals surface area contributed by atoms with Crippen molar-refractivity contribution in [1.82, 2.24) is 0 Å². The summed E-state index contributed by atoms with van der Waals surface area (Å²) >= 11 is 11.7. The Morgan fingerprint density at radius 1 is 1.00 bits per heavy atom. The Hall–Kier alpha value is -0.285. The average Bonchev–Trinajstić information content (AvgIpc) is 2.42. The van der Waals surface area contributed by atoms with Crippen LogP contribution in [-0.2, 0) is 9.31 Å². The molecule has 18 heavy (non-hydrogen) atoms. The highest BCUT2D eigenvalue weighted by atomic mass is 35.5. The Balaban J connectivity index is 2.38. The van der Waals surface area contributed by atoms with E-state index in [1.807, 2.05) is 27.7 Å². The Bertz CT molecular complexity index is 475. The molecule has 2 rings (SSSR count). The lowest BCUT2D eigenvalue weighted by Crippen LogP contribution is -2.41. The van der Waals surface area contributed by atoms with E-state index in [9.17, 15) is 4.39 Å². The third-order valence-electron chi connectivity index (χ3n) is 3.55. The van der Waals surface area contributed by atoms with Crippen molar-refractivity contribution in [3.05, 3.63) is 28.0 Å². The van der Waals surface area contributed by atoms with Crippen LogP contribution in [0.25, 0.3) is 0 Å². The maximum atomic E-state index is 13.5. The first-order valence-electron chi connectivity index (χ1n) is 5.64. The Kier molecular flexibility index (Phi) is 3.44. The van der Waals surface area contributed by atoms with E-state index in [1.165, 1.54) is 12.1 Å². The van der Waals surface area contributed by atoms with E-state index < -0.39 is 24.1 Å². The van der Waals surface area contributed by atoms with Crippen molar-refractivity contribution in [3.63, 3.8) is 0 Å². The van der Waals surface area contributed by atoms with Gasteiger partial charge in [-0.3, -0.25) is 0 Å². The van der Waals surface area contributed by atoms with Crippen molar-refractivity contribution < 1.29 is 13.7 Å². The second-order valence-electron chi connectivity index (χ2n) is 5.38. The van der Waals surface area contributed by atoms with Gasteiger partial charge in [0.2, 0.25) is 0 Å². The number of hydrogen-bond acceptors (Lipinski definition) is 2. The largest absolute Gasteiger partial charge is 0.496 e. The molecule has 1 aliphatic rings. The number of benzene rings is 1. The molecule has 0 aromatic heterocycles. The first-order chi connectivity index (χ1) is 8.14. The number of hydrogen-bond donors (Lipinski definition) is 0. The molecule has 6 heteroatoms. The predicted molar refractivity (Wildman–Crippen MR) is 72.1 cm³/mol. The van der Waals surface area contributed by atoms with Crippen LogP contribution < -0.4 is 5.46 Å². The molecular formula is C12H14BCl2FO2. The van der Waals surface area contributed by atoms with Crippen molar-refractivity contribution in [2.75, 3.05) is 0 Å². The fraction of sp³-hybridized carbons (Fsp3) is 0.500. The molecule has 1 aromatic rings. The smallest absolute Gasteiger partial charge is 0.399 e. The molecule has 0 saturated carbocycles. The number of rotatable bonds is 1. The summed E-state index contributed by atoms with van der Waals surface area (Å²) in [5, 5.41) is 0.320. The summed E-state index contributed by atoms with van der Waals surface area (Å²) in [4.78, 5) is 0. The zero-order chi connectivity index (χ0) is 13.7. The minimum atomic E-state index is -0.686. The van der Waals surface area contributed by atoms with Crippen LogP contribution in [0.1, 0.15) is 27.7 Å². The molecule has 0 bridgehead atoms. The van der Waals surface area contributed by atoms with Crippen LogP contribution in [0.3, 0.4) is 0 Å². The van der Waals surface area contributed by atoms with Gasteiger partial charge >= 0.3 is 7.12 Å². The zero-order valence-electron chi connectivity index (χ0n) is 10.7. The lowest BCUT2D eigenvalue weighted by Gasteiger charge is -2.32. The summed E-state index contributed by atoms with van der Waals surface area (Å²) in [7, 11) is -0.686. The second-order valence-corrected chi connectivity index (χ2v) is 6.19. The molecule has 1 saturated heterocycles. The molecule has 0 N–H and O–H groups in total. The molecule has 1 fully saturated rings. The van der Waals surface area contributed by atoms with E-state index in [4.69, 9.17) is 32.5 Å². The average molecular weight is 291 g/mol. The molecule has 1 aromatic carbocycles. The van der Waals surface area contributed by atoms with E-state index in [1.54, 1.807) is 0 Å². The van der Waals surface area contributed by atoms with Crippen molar-refractivity contribution in [2.24, 2.45) is 0 Å². The first kappa shape index (κ1) is 14.1. The Morgan fingerprint density at radius 2 is 1.50 bits per heavy atom.